The number of nitrogens with zero attached hydrogens (tertiary/aromatic N) is 3. The van der Waals surface area contributed by atoms with Gasteiger partial charge < -0.3 is 9.40 Å². The Bertz CT molecular complexity index is 991. The van der Waals surface area contributed by atoms with Gasteiger partial charge >= 0.3 is 5.97 Å². The van der Waals surface area contributed by atoms with E-state index in [1.165, 1.54) is 12.1 Å². The van der Waals surface area contributed by atoms with Crippen molar-refractivity contribution >= 4 is 17.8 Å². The van der Waals surface area contributed by atoms with E-state index in [-0.39, 0.29) is 17.5 Å². The number of imidazole rings is 1. The minimum atomic E-state index is -0.709. The van der Waals surface area contributed by atoms with E-state index in [9.17, 15) is 14.4 Å². The van der Waals surface area contributed by atoms with Crippen LogP contribution in [0.1, 0.15) is 32.0 Å². The van der Waals surface area contributed by atoms with E-state index in [1.807, 2.05) is 34.9 Å². The molecule has 2 heterocycles. The second kappa shape index (κ2) is 6.87. The van der Waals surface area contributed by atoms with Crippen molar-refractivity contribution in [3.63, 3.8) is 0 Å². The van der Waals surface area contributed by atoms with Crippen molar-refractivity contribution < 1.29 is 19.2 Å². The fourth-order valence-electron chi connectivity index (χ4n) is 2.95. The van der Waals surface area contributed by atoms with Gasteiger partial charge in [-0.2, -0.15) is 0 Å². The van der Waals surface area contributed by atoms with E-state index in [1.54, 1.807) is 24.7 Å². The van der Waals surface area contributed by atoms with Crippen molar-refractivity contribution in [2.24, 2.45) is 0 Å². The lowest BCUT2D eigenvalue weighted by molar-refractivity contribution is -0.167. The molecule has 0 bridgehead atoms. The lowest BCUT2D eigenvalue weighted by atomic mass is 10.1. The second-order valence-corrected chi connectivity index (χ2v) is 6.09. The van der Waals surface area contributed by atoms with Crippen LogP contribution in [-0.4, -0.2) is 32.4 Å². The first-order valence-electron chi connectivity index (χ1n) is 8.35. The minimum Gasteiger partial charge on any atom is -0.330 e. The molecule has 0 radical (unpaired) electrons. The van der Waals surface area contributed by atoms with E-state index < -0.39 is 17.8 Å². The summed E-state index contributed by atoms with van der Waals surface area (Å²) < 4.78 is 1.82. The highest BCUT2D eigenvalue weighted by molar-refractivity contribution is 6.20. The monoisotopic (exact) mass is 361 g/mol. The van der Waals surface area contributed by atoms with Gasteiger partial charge in [-0.05, 0) is 17.7 Å². The van der Waals surface area contributed by atoms with Gasteiger partial charge in [-0.3, -0.25) is 9.59 Å². The number of amides is 2. The Labute approximate surface area is 154 Å². The second-order valence-electron chi connectivity index (χ2n) is 6.09. The number of carbonyl (C=O) groups is 3. The fourth-order valence-corrected chi connectivity index (χ4v) is 2.95. The Hall–Kier alpha value is -3.74. The Balaban J connectivity index is 1.45. The highest BCUT2D eigenvalue weighted by Gasteiger charge is 2.38. The van der Waals surface area contributed by atoms with Gasteiger partial charge in [0, 0.05) is 18.4 Å². The molecule has 4 rings (SSSR count). The molecule has 7 nitrogen and oxygen atoms in total. The highest BCUT2D eigenvalue weighted by Crippen LogP contribution is 2.23. The van der Waals surface area contributed by atoms with E-state index in [0.717, 1.165) is 5.56 Å². The average molecular weight is 361 g/mol. The van der Waals surface area contributed by atoms with Gasteiger partial charge in [0.2, 0.25) is 0 Å². The third-order valence-electron chi connectivity index (χ3n) is 4.27. The molecule has 0 N–H and O–H groups in total. The molecule has 0 unspecified atom stereocenters. The van der Waals surface area contributed by atoms with E-state index in [0.29, 0.717) is 17.3 Å². The molecule has 1 aromatic heterocycles. The predicted molar refractivity (Wildman–Crippen MR) is 94.5 cm³/mol. The van der Waals surface area contributed by atoms with Crippen molar-refractivity contribution in [1.82, 2.24) is 14.6 Å². The lowest BCUT2D eigenvalue weighted by Crippen LogP contribution is -2.33. The lowest BCUT2D eigenvalue weighted by Gasteiger charge is -2.13. The third kappa shape index (κ3) is 3.22. The standard InChI is InChI=1S/C20H15N3O4/c24-18(27-23-19(25)16-8-4-5-9-17(16)20(23)26)10-15-11-21-13-22(15)12-14-6-2-1-3-7-14/h1-9,11,13H,10,12H2. The minimum absolute atomic E-state index is 0.111. The van der Waals surface area contributed by atoms with Gasteiger partial charge in [0.1, 0.15) is 0 Å². The van der Waals surface area contributed by atoms with Crippen LogP contribution in [0.25, 0.3) is 0 Å². The highest BCUT2D eigenvalue weighted by atomic mass is 16.7. The largest absolute Gasteiger partial charge is 0.339 e. The summed E-state index contributed by atoms with van der Waals surface area (Å²) in [6.45, 7) is 0.552. The van der Waals surface area contributed by atoms with Gasteiger partial charge in [0.05, 0.1) is 23.9 Å². The molecule has 0 fully saturated rings. The molecular weight excluding hydrogens is 346 g/mol. The summed E-state index contributed by atoms with van der Waals surface area (Å²) in [6.07, 6.45) is 3.07. The van der Waals surface area contributed by atoms with E-state index >= 15 is 0 Å². The number of fused-ring (bicyclic) bond motifs is 1. The third-order valence-corrected chi connectivity index (χ3v) is 4.27. The molecule has 1 aliphatic rings. The average Bonchev–Trinajstić information content (AvgIpc) is 3.21. The number of benzene rings is 2. The molecule has 7 heteroatoms. The van der Waals surface area contributed by atoms with Crippen LogP contribution in [0.2, 0.25) is 0 Å². The maximum Gasteiger partial charge on any atom is 0.339 e. The molecule has 1 aliphatic heterocycles. The molecule has 0 saturated carbocycles. The van der Waals surface area contributed by atoms with E-state index in [4.69, 9.17) is 4.84 Å². The summed E-state index contributed by atoms with van der Waals surface area (Å²) in [7, 11) is 0. The number of carbonyl (C=O) groups excluding carboxylic acids is 3. The molecule has 0 atom stereocenters. The van der Waals surface area contributed by atoms with Gasteiger partial charge in [-0.1, -0.05) is 47.5 Å². The van der Waals surface area contributed by atoms with Crippen LogP contribution in [0.4, 0.5) is 0 Å². The number of hydrogen-bond acceptors (Lipinski definition) is 5. The summed E-state index contributed by atoms with van der Waals surface area (Å²) in [5.74, 6) is -1.98. The van der Waals surface area contributed by atoms with Crippen molar-refractivity contribution in [1.29, 1.82) is 0 Å². The van der Waals surface area contributed by atoms with Crippen LogP contribution in [0.3, 0.4) is 0 Å². The van der Waals surface area contributed by atoms with Crippen LogP contribution in [0, 0.1) is 0 Å². The van der Waals surface area contributed by atoms with Crippen LogP contribution < -0.4 is 0 Å². The molecule has 0 spiro atoms. The Morgan fingerprint density at radius 3 is 2.22 bits per heavy atom. The molecule has 3 aromatic rings. The fraction of sp³-hybridized carbons (Fsp3) is 0.100. The quantitative estimate of drug-likeness (QED) is 0.651. The van der Waals surface area contributed by atoms with Gasteiger partial charge in [0.15, 0.2) is 0 Å². The first kappa shape index (κ1) is 16.7. The zero-order valence-electron chi connectivity index (χ0n) is 14.2. The predicted octanol–water partition coefficient (Wildman–Crippen LogP) is 2.23. The number of rotatable bonds is 5. The van der Waals surface area contributed by atoms with Crippen molar-refractivity contribution in [3.05, 3.63) is 89.5 Å². The molecule has 2 aromatic carbocycles. The topological polar surface area (TPSA) is 81.5 Å². The van der Waals surface area contributed by atoms with E-state index in [2.05, 4.69) is 4.98 Å². The maximum atomic E-state index is 12.3. The number of hydrogen-bond donors (Lipinski definition) is 0. The van der Waals surface area contributed by atoms with Crippen molar-refractivity contribution in [2.75, 3.05) is 0 Å². The van der Waals surface area contributed by atoms with Crippen molar-refractivity contribution in [3.8, 4) is 0 Å². The van der Waals surface area contributed by atoms with Gasteiger partial charge in [0.25, 0.3) is 11.8 Å². The summed E-state index contributed by atoms with van der Waals surface area (Å²) in [5, 5.41) is 0.519. The van der Waals surface area contributed by atoms with Gasteiger partial charge in [-0.15, -0.1) is 0 Å². The number of imide groups is 1. The van der Waals surface area contributed by atoms with Crippen LogP contribution in [0.15, 0.2) is 67.1 Å². The summed E-state index contributed by atoms with van der Waals surface area (Å²) in [5.41, 5.74) is 2.14. The van der Waals surface area contributed by atoms with Crippen LogP contribution in [-0.2, 0) is 22.6 Å². The smallest absolute Gasteiger partial charge is 0.330 e. The first-order valence-corrected chi connectivity index (χ1v) is 8.35. The molecule has 0 aliphatic carbocycles. The number of aromatic nitrogens is 2. The molecular formula is C20H15N3O4. The zero-order chi connectivity index (χ0) is 18.8. The zero-order valence-corrected chi connectivity index (χ0v) is 14.2. The Morgan fingerprint density at radius 1 is 0.926 bits per heavy atom. The molecule has 2 amide bonds. The Kier molecular flexibility index (Phi) is 4.25. The number of hydroxylamine groups is 2. The maximum absolute atomic E-state index is 12.3. The summed E-state index contributed by atoms with van der Waals surface area (Å²) in [4.78, 5) is 46.0. The SMILES string of the molecule is O=C(Cc1cncn1Cc1ccccc1)ON1C(=O)c2ccccc2C1=O. The van der Waals surface area contributed by atoms with Crippen molar-refractivity contribution in [2.45, 2.75) is 13.0 Å². The molecule has 134 valence electrons. The molecule has 0 saturated heterocycles. The summed E-state index contributed by atoms with van der Waals surface area (Å²) >= 11 is 0. The summed E-state index contributed by atoms with van der Waals surface area (Å²) in [6, 6.07) is 16.1. The Morgan fingerprint density at radius 2 is 1.56 bits per heavy atom. The molecule has 27 heavy (non-hydrogen) atoms. The van der Waals surface area contributed by atoms with Gasteiger partial charge in [-0.25, -0.2) is 9.78 Å². The first-order chi connectivity index (χ1) is 13.1. The van der Waals surface area contributed by atoms with Crippen LogP contribution in [0.5, 0.6) is 0 Å². The normalized spacial score (nSPS) is 13.0. The van der Waals surface area contributed by atoms with Crippen LogP contribution >= 0.6 is 0 Å².